The number of thiophene rings is 1. The minimum absolute atomic E-state index is 0.583. The van der Waals surface area contributed by atoms with Crippen molar-refractivity contribution in [2.75, 3.05) is 19.6 Å². The van der Waals surface area contributed by atoms with Gasteiger partial charge in [0.25, 0.3) is 0 Å². The quantitative estimate of drug-likeness (QED) is 0.733. The topological polar surface area (TPSA) is 15.3 Å². The number of nitrogens with one attached hydrogen (secondary N) is 1. The number of hydrogen-bond acceptors (Lipinski definition) is 3. The average molecular weight is 305 g/mol. The predicted octanol–water partition coefficient (Wildman–Crippen LogP) is 4.50. The maximum absolute atomic E-state index is 3.68. The smallest absolute Gasteiger partial charge is 0.0346 e. The van der Waals surface area contributed by atoms with Gasteiger partial charge in [0.2, 0.25) is 0 Å². The summed E-state index contributed by atoms with van der Waals surface area (Å²) in [6, 6.07) is 9.27. The van der Waals surface area contributed by atoms with Gasteiger partial charge in [0.05, 0.1) is 0 Å². The molecule has 1 heterocycles. The molecule has 116 valence electrons. The lowest BCUT2D eigenvalue weighted by Gasteiger charge is -2.19. The molecule has 1 unspecified atom stereocenters. The first-order valence-electron chi connectivity index (χ1n) is 8.15. The van der Waals surface area contributed by atoms with Gasteiger partial charge in [0.15, 0.2) is 0 Å². The van der Waals surface area contributed by atoms with E-state index in [9.17, 15) is 0 Å². The van der Waals surface area contributed by atoms with Crippen LogP contribution in [0.4, 0.5) is 0 Å². The molecule has 0 saturated carbocycles. The van der Waals surface area contributed by atoms with Crippen LogP contribution < -0.4 is 5.32 Å². The Hall–Kier alpha value is -0.900. The van der Waals surface area contributed by atoms with Crippen molar-refractivity contribution in [2.45, 2.75) is 46.2 Å². The molecule has 0 fully saturated rings. The Morgan fingerprint density at radius 1 is 1.19 bits per heavy atom. The SMILES string of the molecule is CCN(CC)CCCC(C)NCc1csc2ccccc12. The van der Waals surface area contributed by atoms with Gasteiger partial charge in [-0.05, 0) is 61.8 Å². The monoisotopic (exact) mass is 304 g/mol. The molecule has 2 aromatic rings. The second kappa shape index (κ2) is 8.52. The first kappa shape index (κ1) is 16.5. The van der Waals surface area contributed by atoms with Crippen LogP contribution in [0.3, 0.4) is 0 Å². The van der Waals surface area contributed by atoms with Crippen LogP contribution in [0.1, 0.15) is 39.2 Å². The third-order valence-corrected chi connectivity index (χ3v) is 5.22. The Morgan fingerprint density at radius 2 is 1.95 bits per heavy atom. The lowest BCUT2D eigenvalue weighted by Crippen LogP contribution is -2.28. The van der Waals surface area contributed by atoms with E-state index in [2.05, 4.69) is 60.6 Å². The second-order valence-electron chi connectivity index (χ2n) is 5.71. The van der Waals surface area contributed by atoms with Gasteiger partial charge in [-0.2, -0.15) is 0 Å². The summed E-state index contributed by atoms with van der Waals surface area (Å²) in [5.41, 5.74) is 1.44. The summed E-state index contributed by atoms with van der Waals surface area (Å²) in [4.78, 5) is 2.50. The van der Waals surface area contributed by atoms with E-state index in [0.717, 1.165) is 6.54 Å². The highest BCUT2D eigenvalue weighted by atomic mass is 32.1. The van der Waals surface area contributed by atoms with E-state index >= 15 is 0 Å². The lowest BCUT2D eigenvalue weighted by molar-refractivity contribution is 0.290. The molecule has 1 aromatic carbocycles. The molecule has 0 aliphatic rings. The molecule has 0 aliphatic heterocycles. The number of benzene rings is 1. The summed E-state index contributed by atoms with van der Waals surface area (Å²) in [5, 5.41) is 7.37. The summed E-state index contributed by atoms with van der Waals surface area (Å²) in [5.74, 6) is 0. The molecule has 0 saturated heterocycles. The van der Waals surface area contributed by atoms with E-state index in [4.69, 9.17) is 0 Å². The van der Waals surface area contributed by atoms with Crippen LogP contribution >= 0.6 is 11.3 Å². The molecule has 1 N–H and O–H groups in total. The van der Waals surface area contributed by atoms with Crippen molar-refractivity contribution in [1.29, 1.82) is 0 Å². The first-order valence-corrected chi connectivity index (χ1v) is 9.03. The van der Waals surface area contributed by atoms with Crippen LogP contribution in [-0.2, 0) is 6.54 Å². The summed E-state index contributed by atoms with van der Waals surface area (Å²) < 4.78 is 1.39. The molecular formula is C18H28N2S. The normalized spacial score (nSPS) is 13.1. The minimum Gasteiger partial charge on any atom is -0.310 e. The van der Waals surface area contributed by atoms with Crippen LogP contribution in [0.15, 0.2) is 29.6 Å². The molecule has 1 aromatic heterocycles. The van der Waals surface area contributed by atoms with Crippen LogP contribution in [0.2, 0.25) is 0 Å². The number of hydrogen-bond donors (Lipinski definition) is 1. The van der Waals surface area contributed by atoms with E-state index < -0.39 is 0 Å². The van der Waals surface area contributed by atoms with Gasteiger partial charge in [-0.1, -0.05) is 32.0 Å². The van der Waals surface area contributed by atoms with Crippen molar-refractivity contribution in [1.82, 2.24) is 10.2 Å². The van der Waals surface area contributed by atoms with Gasteiger partial charge in [0, 0.05) is 17.3 Å². The molecular weight excluding hydrogens is 276 g/mol. The van der Waals surface area contributed by atoms with Gasteiger partial charge < -0.3 is 10.2 Å². The van der Waals surface area contributed by atoms with E-state index in [1.807, 2.05) is 11.3 Å². The van der Waals surface area contributed by atoms with Gasteiger partial charge >= 0.3 is 0 Å². The van der Waals surface area contributed by atoms with Crippen LogP contribution in [-0.4, -0.2) is 30.6 Å². The maximum Gasteiger partial charge on any atom is 0.0346 e. The molecule has 0 aliphatic carbocycles. The third-order valence-electron chi connectivity index (χ3n) is 4.21. The average Bonchev–Trinajstić information content (AvgIpc) is 2.93. The minimum atomic E-state index is 0.583. The fourth-order valence-electron chi connectivity index (χ4n) is 2.72. The third kappa shape index (κ3) is 4.80. The molecule has 0 amide bonds. The number of rotatable bonds is 9. The van der Waals surface area contributed by atoms with Gasteiger partial charge in [0.1, 0.15) is 0 Å². The Labute approximate surface area is 133 Å². The highest BCUT2D eigenvalue weighted by Gasteiger charge is 2.06. The van der Waals surface area contributed by atoms with E-state index in [1.54, 1.807) is 0 Å². The Morgan fingerprint density at radius 3 is 2.71 bits per heavy atom. The fraction of sp³-hybridized carbons (Fsp3) is 0.556. The maximum atomic E-state index is 3.68. The van der Waals surface area contributed by atoms with E-state index in [-0.39, 0.29) is 0 Å². The van der Waals surface area contributed by atoms with Crippen molar-refractivity contribution < 1.29 is 0 Å². The molecule has 0 bridgehead atoms. The molecule has 2 rings (SSSR count). The lowest BCUT2D eigenvalue weighted by atomic mass is 10.1. The first-order chi connectivity index (χ1) is 10.2. The van der Waals surface area contributed by atoms with Crippen LogP contribution in [0.5, 0.6) is 0 Å². The number of nitrogens with zero attached hydrogens (tertiary/aromatic N) is 1. The van der Waals surface area contributed by atoms with Crippen molar-refractivity contribution in [2.24, 2.45) is 0 Å². The molecule has 0 spiro atoms. The van der Waals surface area contributed by atoms with Gasteiger partial charge in [-0.25, -0.2) is 0 Å². The van der Waals surface area contributed by atoms with E-state index in [0.29, 0.717) is 6.04 Å². The van der Waals surface area contributed by atoms with Gasteiger partial charge in [-0.3, -0.25) is 0 Å². The molecule has 2 nitrogen and oxygen atoms in total. The Kier molecular flexibility index (Phi) is 6.68. The molecule has 3 heteroatoms. The van der Waals surface area contributed by atoms with Crippen molar-refractivity contribution >= 4 is 21.4 Å². The fourth-order valence-corrected chi connectivity index (χ4v) is 3.68. The molecule has 21 heavy (non-hydrogen) atoms. The standard InChI is InChI=1S/C18H28N2S/c1-4-20(5-2)12-8-9-15(3)19-13-16-14-21-18-11-7-6-10-17(16)18/h6-7,10-11,14-15,19H,4-5,8-9,12-13H2,1-3H3. The molecule has 0 radical (unpaired) electrons. The van der Waals surface area contributed by atoms with Crippen LogP contribution in [0, 0.1) is 0 Å². The highest BCUT2D eigenvalue weighted by molar-refractivity contribution is 7.17. The zero-order chi connectivity index (χ0) is 15.1. The molecule has 1 atom stereocenters. The van der Waals surface area contributed by atoms with E-state index in [1.165, 1.54) is 48.1 Å². The predicted molar refractivity (Wildman–Crippen MR) is 95.1 cm³/mol. The zero-order valence-electron chi connectivity index (χ0n) is 13.6. The van der Waals surface area contributed by atoms with Crippen molar-refractivity contribution in [3.05, 3.63) is 35.2 Å². The Balaban J connectivity index is 1.75. The number of fused-ring (bicyclic) bond motifs is 1. The van der Waals surface area contributed by atoms with Gasteiger partial charge in [-0.15, -0.1) is 11.3 Å². The second-order valence-corrected chi connectivity index (χ2v) is 6.62. The van der Waals surface area contributed by atoms with Crippen molar-refractivity contribution in [3.63, 3.8) is 0 Å². The van der Waals surface area contributed by atoms with Crippen LogP contribution in [0.25, 0.3) is 10.1 Å². The summed E-state index contributed by atoms with van der Waals surface area (Å²) in [7, 11) is 0. The summed E-state index contributed by atoms with van der Waals surface area (Å²) in [6.07, 6.45) is 2.53. The van der Waals surface area contributed by atoms with Crippen molar-refractivity contribution in [3.8, 4) is 0 Å². The Bertz CT molecular complexity index is 531. The highest BCUT2D eigenvalue weighted by Crippen LogP contribution is 2.25. The summed E-state index contributed by atoms with van der Waals surface area (Å²) >= 11 is 1.85. The summed E-state index contributed by atoms with van der Waals surface area (Å²) in [6.45, 7) is 11.3. The largest absolute Gasteiger partial charge is 0.310 e. The zero-order valence-corrected chi connectivity index (χ0v) is 14.4.